The molecule has 27 heavy (non-hydrogen) atoms. The molecule has 4 rings (SSSR count). The molecule has 1 amide bonds. The molecular formula is C20H26N6O. The first-order valence-electron chi connectivity index (χ1n) is 9.83. The Morgan fingerprint density at radius 2 is 1.70 bits per heavy atom. The molecule has 1 aliphatic carbocycles. The molecule has 0 radical (unpaired) electrons. The van der Waals surface area contributed by atoms with Crippen molar-refractivity contribution in [2.24, 2.45) is 0 Å². The Morgan fingerprint density at radius 3 is 2.44 bits per heavy atom. The summed E-state index contributed by atoms with van der Waals surface area (Å²) in [7, 11) is 0. The number of carbonyl (C=O) groups is 1. The van der Waals surface area contributed by atoms with Crippen molar-refractivity contribution in [2.45, 2.75) is 38.1 Å². The largest absolute Gasteiger partial charge is 0.367 e. The summed E-state index contributed by atoms with van der Waals surface area (Å²) in [6, 6.07) is 5.99. The zero-order chi connectivity index (χ0) is 18.5. The van der Waals surface area contributed by atoms with E-state index in [1.807, 2.05) is 17.0 Å². The van der Waals surface area contributed by atoms with Gasteiger partial charge < -0.3 is 15.1 Å². The minimum atomic E-state index is 0.0673. The molecule has 0 spiro atoms. The van der Waals surface area contributed by atoms with Crippen LogP contribution in [0, 0.1) is 0 Å². The summed E-state index contributed by atoms with van der Waals surface area (Å²) < 4.78 is 0. The second kappa shape index (κ2) is 8.33. The Hall–Kier alpha value is -2.70. The Balaban J connectivity index is 1.36. The van der Waals surface area contributed by atoms with Gasteiger partial charge in [0.1, 0.15) is 5.82 Å². The van der Waals surface area contributed by atoms with Gasteiger partial charge in [-0.25, -0.2) is 15.0 Å². The second-order valence-corrected chi connectivity index (χ2v) is 7.24. The number of carbonyl (C=O) groups excluding carboxylic acids is 1. The molecule has 7 heteroatoms. The van der Waals surface area contributed by atoms with E-state index in [1.54, 1.807) is 24.7 Å². The van der Waals surface area contributed by atoms with E-state index in [0.29, 0.717) is 24.7 Å². The van der Waals surface area contributed by atoms with Crippen molar-refractivity contribution in [3.8, 4) is 0 Å². The van der Waals surface area contributed by atoms with Gasteiger partial charge in [0.25, 0.3) is 5.91 Å². The fourth-order valence-corrected chi connectivity index (χ4v) is 3.85. The minimum absolute atomic E-state index is 0.0673. The number of nitrogens with one attached hydrogen (secondary N) is 1. The van der Waals surface area contributed by atoms with Crippen LogP contribution in [0.1, 0.15) is 42.5 Å². The summed E-state index contributed by atoms with van der Waals surface area (Å²) >= 11 is 0. The average molecular weight is 366 g/mol. The highest BCUT2D eigenvalue weighted by Gasteiger charge is 2.24. The normalized spacial score (nSPS) is 18.4. The van der Waals surface area contributed by atoms with E-state index in [9.17, 15) is 4.79 Å². The quantitative estimate of drug-likeness (QED) is 0.896. The van der Waals surface area contributed by atoms with Gasteiger partial charge in [-0.2, -0.15) is 0 Å². The van der Waals surface area contributed by atoms with E-state index in [1.165, 1.54) is 32.1 Å². The summed E-state index contributed by atoms with van der Waals surface area (Å²) in [5, 5.41) is 3.50. The zero-order valence-electron chi connectivity index (χ0n) is 15.5. The first-order chi connectivity index (χ1) is 13.3. The highest BCUT2D eigenvalue weighted by molar-refractivity contribution is 5.95. The van der Waals surface area contributed by atoms with Crippen molar-refractivity contribution in [3.63, 3.8) is 0 Å². The van der Waals surface area contributed by atoms with Crippen molar-refractivity contribution in [1.29, 1.82) is 0 Å². The van der Waals surface area contributed by atoms with Crippen LogP contribution in [0.2, 0.25) is 0 Å². The molecule has 2 aromatic heterocycles. The number of hydrogen-bond acceptors (Lipinski definition) is 6. The number of amides is 1. The molecule has 1 saturated carbocycles. The predicted molar refractivity (Wildman–Crippen MR) is 105 cm³/mol. The molecule has 3 heterocycles. The first-order valence-corrected chi connectivity index (χ1v) is 9.83. The van der Waals surface area contributed by atoms with Crippen LogP contribution in [0.5, 0.6) is 0 Å². The molecule has 142 valence electrons. The smallest absolute Gasteiger partial charge is 0.254 e. The van der Waals surface area contributed by atoms with Gasteiger partial charge in [0.2, 0.25) is 5.95 Å². The van der Waals surface area contributed by atoms with Gasteiger partial charge in [-0.15, -0.1) is 0 Å². The number of nitrogens with zero attached hydrogens (tertiary/aromatic N) is 5. The van der Waals surface area contributed by atoms with Crippen molar-refractivity contribution < 1.29 is 4.79 Å². The summed E-state index contributed by atoms with van der Waals surface area (Å²) in [5.74, 6) is 1.61. The lowest BCUT2D eigenvalue weighted by Gasteiger charge is -2.34. The van der Waals surface area contributed by atoms with E-state index in [-0.39, 0.29) is 5.91 Å². The van der Waals surface area contributed by atoms with Gasteiger partial charge in [0, 0.05) is 56.4 Å². The molecular weight excluding hydrogens is 340 g/mol. The maximum absolute atomic E-state index is 12.9. The Labute approximate surface area is 159 Å². The van der Waals surface area contributed by atoms with Gasteiger partial charge in [0.05, 0.1) is 0 Å². The highest BCUT2D eigenvalue weighted by atomic mass is 16.2. The van der Waals surface area contributed by atoms with Crippen LogP contribution < -0.4 is 10.2 Å². The van der Waals surface area contributed by atoms with E-state index in [2.05, 4.69) is 25.2 Å². The highest BCUT2D eigenvalue weighted by Crippen LogP contribution is 2.21. The molecule has 1 aliphatic heterocycles. The molecule has 2 aliphatic rings. The molecule has 1 N–H and O–H groups in total. The Kier molecular flexibility index (Phi) is 5.46. The van der Waals surface area contributed by atoms with Crippen LogP contribution in [-0.4, -0.2) is 58.0 Å². The molecule has 0 aromatic carbocycles. The zero-order valence-corrected chi connectivity index (χ0v) is 15.5. The number of aromatic nitrogens is 3. The maximum atomic E-state index is 12.9. The molecule has 0 unspecified atom stereocenters. The second-order valence-electron chi connectivity index (χ2n) is 7.24. The van der Waals surface area contributed by atoms with Crippen molar-refractivity contribution in [1.82, 2.24) is 19.9 Å². The third-order valence-electron chi connectivity index (χ3n) is 5.37. The number of hydrogen-bond donors (Lipinski definition) is 1. The molecule has 0 atom stereocenters. The van der Waals surface area contributed by atoms with Crippen LogP contribution in [0.4, 0.5) is 11.8 Å². The van der Waals surface area contributed by atoms with Crippen LogP contribution >= 0.6 is 0 Å². The molecule has 2 fully saturated rings. The third-order valence-corrected chi connectivity index (χ3v) is 5.37. The van der Waals surface area contributed by atoms with E-state index in [4.69, 9.17) is 0 Å². The van der Waals surface area contributed by atoms with Gasteiger partial charge in [-0.1, -0.05) is 19.3 Å². The lowest BCUT2D eigenvalue weighted by atomic mass is 9.95. The average Bonchev–Trinajstić information content (AvgIpc) is 2.75. The van der Waals surface area contributed by atoms with E-state index < -0.39 is 0 Å². The first kappa shape index (κ1) is 17.7. The van der Waals surface area contributed by atoms with Gasteiger partial charge in [-0.05, 0) is 31.0 Å². The lowest BCUT2D eigenvalue weighted by molar-refractivity contribution is 0.0746. The monoisotopic (exact) mass is 366 g/mol. The fourth-order valence-electron chi connectivity index (χ4n) is 3.85. The molecule has 1 saturated heterocycles. The predicted octanol–water partition coefficient (Wildman–Crippen LogP) is 2.58. The van der Waals surface area contributed by atoms with Gasteiger partial charge >= 0.3 is 0 Å². The Morgan fingerprint density at radius 1 is 0.963 bits per heavy atom. The number of pyridine rings is 1. The standard InChI is InChI=1S/C20H26N6O/c27-19(25-11-13-26(14-12-25)20-22-8-4-9-23-20)16-7-10-21-18(15-16)24-17-5-2-1-3-6-17/h4,7-10,15,17H,1-3,5-6,11-14H2,(H,21,24). The summed E-state index contributed by atoms with van der Waals surface area (Å²) in [5.41, 5.74) is 0.702. The number of anilines is 2. The van der Waals surface area contributed by atoms with Gasteiger partial charge in [0.15, 0.2) is 0 Å². The summed E-state index contributed by atoms with van der Waals surface area (Å²) in [6.45, 7) is 2.83. The summed E-state index contributed by atoms with van der Waals surface area (Å²) in [6.07, 6.45) is 11.5. The minimum Gasteiger partial charge on any atom is -0.367 e. The van der Waals surface area contributed by atoms with Crippen LogP contribution in [-0.2, 0) is 0 Å². The Bertz CT molecular complexity index is 754. The topological polar surface area (TPSA) is 74.2 Å². The van der Waals surface area contributed by atoms with Crippen molar-refractivity contribution in [3.05, 3.63) is 42.4 Å². The van der Waals surface area contributed by atoms with Crippen LogP contribution in [0.3, 0.4) is 0 Å². The number of rotatable bonds is 4. The third kappa shape index (κ3) is 4.35. The number of piperazine rings is 1. The van der Waals surface area contributed by atoms with Gasteiger partial charge in [-0.3, -0.25) is 4.79 Å². The van der Waals surface area contributed by atoms with E-state index >= 15 is 0 Å². The van der Waals surface area contributed by atoms with Crippen molar-refractivity contribution in [2.75, 3.05) is 36.4 Å². The maximum Gasteiger partial charge on any atom is 0.254 e. The lowest BCUT2D eigenvalue weighted by Crippen LogP contribution is -2.49. The van der Waals surface area contributed by atoms with Crippen LogP contribution in [0.25, 0.3) is 0 Å². The van der Waals surface area contributed by atoms with Crippen molar-refractivity contribution >= 4 is 17.7 Å². The SMILES string of the molecule is O=C(c1ccnc(NC2CCCCC2)c1)N1CCN(c2ncccn2)CC1. The van der Waals surface area contributed by atoms with Crippen LogP contribution in [0.15, 0.2) is 36.8 Å². The summed E-state index contributed by atoms with van der Waals surface area (Å²) in [4.78, 5) is 29.9. The molecule has 2 aromatic rings. The molecule has 0 bridgehead atoms. The van der Waals surface area contributed by atoms with E-state index in [0.717, 1.165) is 24.9 Å². The fraction of sp³-hybridized carbons (Fsp3) is 0.500. The molecule has 7 nitrogen and oxygen atoms in total.